The topological polar surface area (TPSA) is 100 Å². The van der Waals surface area contributed by atoms with Gasteiger partial charge in [-0.2, -0.15) is 0 Å². The van der Waals surface area contributed by atoms with Crippen LogP contribution in [0, 0.1) is 0 Å². The van der Waals surface area contributed by atoms with Gasteiger partial charge in [0, 0.05) is 22.2 Å². The van der Waals surface area contributed by atoms with E-state index < -0.39 is 10.0 Å². The van der Waals surface area contributed by atoms with Gasteiger partial charge in [0.2, 0.25) is 10.0 Å². The Bertz CT molecular complexity index is 1770. The van der Waals surface area contributed by atoms with Crippen molar-refractivity contribution in [2.75, 3.05) is 18.2 Å². The molecule has 1 aliphatic heterocycles. The average Bonchev–Trinajstić information content (AvgIpc) is 3.34. The van der Waals surface area contributed by atoms with Gasteiger partial charge in [-0.05, 0) is 72.1 Å². The van der Waals surface area contributed by atoms with E-state index in [4.69, 9.17) is 51.1 Å². The molecule has 3 aromatic rings. The summed E-state index contributed by atoms with van der Waals surface area (Å²) < 4.78 is 35.2. The van der Waals surface area contributed by atoms with Crippen molar-refractivity contribution in [1.29, 1.82) is 0 Å². The first-order valence-corrected chi connectivity index (χ1v) is 18.4. The summed E-state index contributed by atoms with van der Waals surface area (Å²) in [4.78, 5) is 17.1. The number of anilines is 1. The number of benzene rings is 3. The average molecular weight is 743 g/mol. The number of nitrogens with one attached hydrogen (secondary N) is 2. The molecule has 1 amide bonds. The van der Waals surface area contributed by atoms with E-state index in [1.54, 1.807) is 0 Å². The molecule has 1 saturated heterocycles. The van der Waals surface area contributed by atoms with E-state index in [1.807, 2.05) is 6.07 Å². The molecular formula is C34H40Cl4N4O4S. The van der Waals surface area contributed by atoms with Crippen LogP contribution in [0.5, 0.6) is 5.75 Å². The van der Waals surface area contributed by atoms with E-state index in [0.29, 0.717) is 18.1 Å². The molecule has 13 heteroatoms. The molecular weight excluding hydrogens is 702 g/mol. The fourth-order valence-corrected chi connectivity index (χ4v) is 7.33. The standard InChI is InChI=1S/C34H40Cl4N4O4S/c1-7-33(3,4)21-10-11-29(26(14-21)34(5,6)8-2)46-13-9-12-39-47(44,45)25-16-22(35)15-24(19-25)40-30-20-31(43)42(41-30)32-27(37)17-23(36)18-28(32)38/h10-11,14-19,39H,7-9,12-13,20H2,1-6H3,(H,40,41). The Labute approximate surface area is 297 Å². The van der Waals surface area contributed by atoms with Crippen LogP contribution in [0.2, 0.25) is 20.1 Å². The molecule has 8 nitrogen and oxygen atoms in total. The van der Waals surface area contributed by atoms with E-state index in [2.05, 4.69) is 68.8 Å². The summed E-state index contributed by atoms with van der Waals surface area (Å²) in [6.07, 6.45) is 2.31. The van der Waals surface area contributed by atoms with Crippen molar-refractivity contribution in [2.24, 2.45) is 4.99 Å². The van der Waals surface area contributed by atoms with Crippen molar-refractivity contribution >= 4 is 79.5 Å². The molecule has 0 bridgehead atoms. The van der Waals surface area contributed by atoms with Gasteiger partial charge in [-0.15, -0.1) is 0 Å². The van der Waals surface area contributed by atoms with Crippen LogP contribution in [-0.2, 0) is 25.6 Å². The number of sulfonamides is 1. The number of halogens is 4. The SMILES string of the molecule is CCC(C)(C)c1ccc(OCCCNS(=O)(=O)c2cc(Cl)cc(N=C3CC(=O)N(c4c(Cl)cc(Cl)cc4Cl)N3)c2)c(C(C)(C)CC)c1. The van der Waals surface area contributed by atoms with Gasteiger partial charge in [0.1, 0.15) is 17.3 Å². The van der Waals surface area contributed by atoms with Crippen molar-refractivity contribution < 1.29 is 17.9 Å². The number of carbonyl (C=O) groups is 1. The smallest absolute Gasteiger partial charge is 0.253 e. The van der Waals surface area contributed by atoms with Gasteiger partial charge in [0.05, 0.1) is 33.7 Å². The van der Waals surface area contributed by atoms with Gasteiger partial charge in [0.25, 0.3) is 5.91 Å². The number of carbonyl (C=O) groups excluding carboxylic acids is 1. The number of hydrogen-bond acceptors (Lipinski definition) is 5. The molecule has 0 aromatic heterocycles. The summed E-state index contributed by atoms with van der Waals surface area (Å²) in [5.74, 6) is 0.705. The highest BCUT2D eigenvalue weighted by Crippen LogP contribution is 2.39. The number of ether oxygens (including phenoxy) is 1. The highest BCUT2D eigenvalue weighted by Gasteiger charge is 2.31. The van der Waals surface area contributed by atoms with E-state index >= 15 is 0 Å². The second kappa shape index (κ2) is 14.9. The number of amides is 1. The van der Waals surface area contributed by atoms with Gasteiger partial charge in [-0.25, -0.2) is 23.1 Å². The first-order chi connectivity index (χ1) is 22.0. The van der Waals surface area contributed by atoms with Gasteiger partial charge >= 0.3 is 0 Å². The molecule has 3 aromatic carbocycles. The van der Waals surface area contributed by atoms with Crippen molar-refractivity contribution in [3.63, 3.8) is 0 Å². The normalized spacial score (nSPS) is 15.0. The number of rotatable bonds is 13. The Morgan fingerprint density at radius 2 is 1.55 bits per heavy atom. The molecule has 1 aliphatic rings. The van der Waals surface area contributed by atoms with Gasteiger partial charge < -0.3 is 4.74 Å². The molecule has 0 spiro atoms. The quantitative estimate of drug-likeness (QED) is 0.170. The molecule has 0 unspecified atom stereocenters. The zero-order valence-electron chi connectivity index (χ0n) is 27.3. The van der Waals surface area contributed by atoms with Crippen LogP contribution in [0.25, 0.3) is 0 Å². The molecule has 2 N–H and O–H groups in total. The summed E-state index contributed by atoms with van der Waals surface area (Å²) in [5.41, 5.74) is 5.73. The van der Waals surface area contributed by atoms with Crippen LogP contribution in [0.15, 0.2) is 58.4 Å². The zero-order valence-corrected chi connectivity index (χ0v) is 31.1. The van der Waals surface area contributed by atoms with E-state index in [0.717, 1.165) is 24.2 Å². The van der Waals surface area contributed by atoms with Crippen LogP contribution >= 0.6 is 46.4 Å². The lowest BCUT2D eigenvalue weighted by molar-refractivity contribution is -0.116. The first-order valence-electron chi connectivity index (χ1n) is 15.4. The van der Waals surface area contributed by atoms with Gasteiger partial charge in [-0.1, -0.05) is 100 Å². The third-order valence-corrected chi connectivity index (χ3v) is 11.0. The summed E-state index contributed by atoms with van der Waals surface area (Å²) in [6.45, 7) is 13.7. The lowest BCUT2D eigenvalue weighted by Gasteiger charge is -2.30. The molecule has 1 fully saturated rings. The van der Waals surface area contributed by atoms with Crippen LogP contribution in [-0.4, -0.2) is 33.3 Å². The summed E-state index contributed by atoms with van der Waals surface area (Å²) >= 11 is 24.9. The third kappa shape index (κ3) is 8.94. The lowest BCUT2D eigenvalue weighted by Crippen LogP contribution is -2.36. The molecule has 0 radical (unpaired) electrons. The molecule has 254 valence electrons. The van der Waals surface area contributed by atoms with Crippen LogP contribution < -0.4 is 19.9 Å². The first kappa shape index (κ1) is 37.3. The minimum Gasteiger partial charge on any atom is -0.493 e. The minimum atomic E-state index is -3.93. The monoisotopic (exact) mass is 740 g/mol. The van der Waals surface area contributed by atoms with Gasteiger partial charge in [-0.3, -0.25) is 10.2 Å². The maximum atomic E-state index is 13.2. The summed E-state index contributed by atoms with van der Waals surface area (Å²) in [5, 5.41) is 2.02. The molecule has 4 rings (SSSR count). The third-order valence-electron chi connectivity index (χ3n) is 8.57. The molecule has 47 heavy (non-hydrogen) atoms. The van der Waals surface area contributed by atoms with Crippen LogP contribution in [0.3, 0.4) is 0 Å². The summed E-state index contributed by atoms with van der Waals surface area (Å²) in [6, 6.07) is 13.6. The number of nitrogens with zero attached hydrogens (tertiary/aromatic N) is 2. The highest BCUT2D eigenvalue weighted by atomic mass is 35.5. The fraction of sp³-hybridized carbons (Fsp3) is 0.412. The Morgan fingerprint density at radius 3 is 2.19 bits per heavy atom. The maximum absolute atomic E-state index is 13.2. The fourth-order valence-electron chi connectivity index (χ4n) is 4.91. The van der Waals surface area contributed by atoms with Crippen LogP contribution in [0.1, 0.15) is 78.4 Å². The number of hydrogen-bond donors (Lipinski definition) is 2. The molecule has 0 atom stereocenters. The highest BCUT2D eigenvalue weighted by molar-refractivity contribution is 7.89. The van der Waals surface area contributed by atoms with E-state index in [9.17, 15) is 13.2 Å². The zero-order chi connectivity index (χ0) is 34.7. The Hall–Kier alpha value is -2.53. The second-order valence-electron chi connectivity index (χ2n) is 12.7. The van der Waals surface area contributed by atoms with Crippen molar-refractivity contribution in [2.45, 2.75) is 83.0 Å². The largest absolute Gasteiger partial charge is 0.493 e. The minimum absolute atomic E-state index is 0.0486. The van der Waals surface area contributed by atoms with Crippen LogP contribution in [0.4, 0.5) is 11.4 Å². The maximum Gasteiger partial charge on any atom is 0.253 e. The predicted molar refractivity (Wildman–Crippen MR) is 194 cm³/mol. The molecule has 0 saturated carbocycles. The Morgan fingerprint density at radius 1 is 0.915 bits per heavy atom. The van der Waals surface area contributed by atoms with Crippen molar-refractivity contribution in [3.05, 3.63) is 79.7 Å². The number of amidine groups is 1. The van der Waals surface area contributed by atoms with Crippen molar-refractivity contribution in [3.8, 4) is 5.75 Å². The molecule has 1 heterocycles. The molecule has 0 aliphatic carbocycles. The van der Waals surface area contributed by atoms with E-state index in [1.165, 1.54) is 40.9 Å². The van der Waals surface area contributed by atoms with Crippen molar-refractivity contribution in [1.82, 2.24) is 10.1 Å². The Balaban J connectivity index is 1.42. The Kier molecular flexibility index (Phi) is 11.8. The second-order valence-corrected chi connectivity index (χ2v) is 16.2. The summed E-state index contributed by atoms with van der Waals surface area (Å²) in [7, 11) is -3.93. The lowest BCUT2D eigenvalue weighted by atomic mass is 9.76. The predicted octanol–water partition coefficient (Wildman–Crippen LogP) is 9.39. The van der Waals surface area contributed by atoms with Gasteiger partial charge in [0.15, 0.2) is 0 Å². The number of hydrazine groups is 1. The van der Waals surface area contributed by atoms with E-state index in [-0.39, 0.29) is 66.9 Å². The number of aliphatic imine (C=N–C) groups is 1.